The summed E-state index contributed by atoms with van der Waals surface area (Å²) in [6.07, 6.45) is 2.88. The van der Waals surface area contributed by atoms with Crippen molar-refractivity contribution < 1.29 is 14.3 Å². The van der Waals surface area contributed by atoms with Crippen LogP contribution in [-0.4, -0.2) is 43.6 Å². The number of amides is 2. The Morgan fingerprint density at radius 2 is 2.09 bits per heavy atom. The Morgan fingerprint density at radius 3 is 2.78 bits per heavy atom. The lowest BCUT2D eigenvalue weighted by Gasteiger charge is -2.28. The average Bonchev–Trinajstić information content (AvgIpc) is 2.54. The van der Waals surface area contributed by atoms with Gasteiger partial charge in [-0.25, -0.2) is 5.01 Å². The molecule has 0 unspecified atom stereocenters. The maximum atomic E-state index is 12.0. The molecule has 0 aliphatic carbocycles. The van der Waals surface area contributed by atoms with Crippen LogP contribution in [0.1, 0.15) is 24.0 Å². The monoisotopic (exact) mass is 317 g/mol. The van der Waals surface area contributed by atoms with Crippen molar-refractivity contribution in [2.45, 2.75) is 19.8 Å². The number of aryl methyl sites for hydroxylation is 1. The molecule has 6 heteroatoms. The molecule has 0 saturated heterocycles. The van der Waals surface area contributed by atoms with E-state index in [9.17, 15) is 9.59 Å². The lowest BCUT2D eigenvalue weighted by molar-refractivity contribution is -0.137. The first-order valence-electron chi connectivity index (χ1n) is 7.70. The molecule has 1 aromatic rings. The first-order chi connectivity index (χ1) is 11.1. The lowest BCUT2D eigenvalue weighted by atomic mass is 10.1. The van der Waals surface area contributed by atoms with Gasteiger partial charge in [0.25, 0.3) is 0 Å². The number of benzene rings is 1. The minimum atomic E-state index is -0.188. The zero-order valence-corrected chi connectivity index (χ0v) is 13.6. The smallest absolute Gasteiger partial charge is 0.245 e. The van der Waals surface area contributed by atoms with Crippen LogP contribution in [0.4, 0.5) is 0 Å². The first kappa shape index (κ1) is 17.0. The molecule has 0 bridgehead atoms. The molecule has 0 spiro atoms. The molecule has 6 nitrogen and oxygen atoms in total. The minimum absolute atomic E-state index is 0.00494. The van der Waals surface area contributed by atoms with Gasteiger partial charge in [0.05, 0.1) is 5.70 Å². The number of methoxy groups -OCH3 is 1. The Labute approximate surface area is 136 Å². The minimum Gasteiger partial charge on any atom is -0.385 e. The van der Waals surface area contributed by atoms with Gasteiger partial charge >= 0.3 is 0 Å². The molecule has 2 amide bonds. The van der Waals surface area contributed by atoms with Gasteiger partial charge in [0.2, 0.25) is 11.8 Å². The van der Waals surface area contributed by atoms with Gasteiger partial charge in [-0.2, -0.15) is 0 Å². The molecule has 124 valence electrons. The van der Waals surface area contributed by atoms with Crippen LogP contribution in [-0.2, 0) is 14.3 Å². The molecular formula is C17H23N3O3. The molecule has 0 fully saturated rings. The highest BCUT2D eigenvalue weighted by Crippen LogP contribution is 2.17. The predicted molar refractivity (Wildman–Crippen MR) is 88.1 cm³/mol. The molecule has 1 aliphatic rings. The molecule has 2 N–H and O–H groups in total. The van der Waals surface area contributed by atoms with Gasteiger partial charge in [0, 0.05) is 26.7 Å². The average molecular weight is 317 g/mol. The van der Waals surface area contributed by atoms with Gasteiger partial charge in [-0.15, -0.1) is 0 Å². The third-order valence-corrected chi connectivity index (χ3v) is 3.55. The summed E-state index contributed by atoms with van der Waals surface area (Å²) in [5.41, 5.74) is 6.04. The van der Waals surface area contributed by atoms with Crippen molar-refractivity contribution in [2.75, 3.05) is 26.8 Å². The molecule has 1 heterocycles. The van der Waals surface area contributed by atoms with Crippen molar-refractivity contribution in [3.63, 3.8) is 0 Å². The normalized spacial score (nSPS) is 14.3. The maximum Gasteiger partial charge on any atom is 0.245 e. The van der Waals surface area contributed by atoms with E-state index in [2.05, 4.69) is 10.7 Å². The van der Waals surface area contributed by atoms with Gasteiger partial charge in [-0.05, 0) is 25.0 Å². The van der Waals surface area contributed by atoms with E-state index < -0.39 is 0 Å². The summed E-state index contributed by atoms with van der Waals surface area (Å²) in [5, 5.41) is 4.14. The highest BCUT2D eigenvalue weighted by atomic mass is 16.5. The topological polar surface area (TPSA) is 70.7 Å². The van der Waals surface area contributed by atoms with Crippen LogP contribution in [0, 0.1) is 6.92 Å². The second-order valence-electron chi connectivity index (χ2n) is 5.48. The molecule has 0 radical (unpaired) electrons. The largest absolute Gasteiger partial charge is 0.385 e. The fraction of sp³-hybridized carbons (Fsp3) is 0.412. The van der Waals surface area contributed by atoms with Gasteiger partial charge in [-0.1, -0.05) is 29.8 Å². The van der Waals surface area contributed by atoms with Crippen molar-refractivity contribution in [3.8, 4) is 0 Å². The molecule has 0 aromatic heterocycles. The summed E-state index contributed by atoms with van der Waals surface area (Å²) in [6.45, 7) is 3.15. The Hall–Kier alpha value is -2.34. The summed E-state index contributed by atoms with van der Waals surface area (Å²) < 4.78 is 4.93. The summed E-state index contributed by atoms with van der Waals surface area (Å²) >= 11 is 0. The van der Waals surface area contributed by atoms with E-state index >= 15 is 0 Å². The number of hydrogen-bond acceptors (Lipinski definition) is 4. The van der Waals surface area contributed by atoms with Crippen molar-refractivity contribution in [2.24, 2.45) is 0 Å². The predicted octanol–water partition coefficient (Wildman–Crippen LogP) is 1.23. The van der Waals surface area contributed by atoms with E-state index in [1.165, 1.54) is 10.6 Å². The third-order valence-electron chi connectivity index (χ3n) is 3.55. The van der Waals surface area contributed by atoms with E-state index in [4.69, 9.17) is 4.74 Å². The Morgan fingerprint density at radius 1 is 1.35 bits per heavy atom. The fourth-order valence-electron chi connectivity index (χ4n) is 2.24. The second-order valence-corrected chi connectivity index (χ2v) is 5.48. The van der Waals surface area contributed by atoms with Crippen LogP contribution in [0.5, 0.6) is 0 Å². The molecule has 0 atom stereocenters. The Kier molecular flexibility index (Phi) is 6.17. The summed E-state index contributed by atoms with van der Waals surface area (Å²) in [4.78, 5) is 23.9. The van der Waals surface area contributed by atoms with Crippen molar-refractivity contribution in [1.82, 2.24) is 15.8 Å². The summed E-state index contributed by atoms with van der Waals surface area (Å²) in [7, 11) is 1.62. The molecular weight excluding hydrogens is 294 g/mol. The van der Waals surface area contributed by atoms with E-state index in [0.717, 1.165) is 17.7 Å². The van der Waals surface area contributed by atoms with Crippen molar-refractivity contribution in [3.05, 3.63) is 41.5 Å². The van der Waals surface area contributed by atoms with Crippen molar-refractivity contribution >= 4 is 17.5 Å². The Balaban J connectivity index is 1.90. The molecule has 2 rings (SSSR count). The fourth-order valence-corrected chi connectivity index (χ4v) is 2.24. The quantitative estimate of drug-likeness (QED) is 0.742. The first-order valence-corrected chi connectivity index (χ1v) is 7.70. The number of nitrogens with one attached hydrogen (secondary N) is 2. The molecule has 0 saturated carbocycles. The SMILES string of the molecule is COCCCNC(=O)CN1NC(c2ccc(C)cc2)=CCC1=O. The summed E-state index contributed by atoms with van der Waals surface area (Å²) in [6, 6.07) is 8.02. The Bertz CT molecular complexity index is 581. The van der Waals surface area contributed by atoms with Gasteiger partial charge < -0.3 is 10.1 Å². The van der Waals surface area contributed by atoms with Crippen LogP contribution in [0.2, 0.25) is 0 Å². The third kappa shape index (κ3) is 5.10. The van der Waals surface area contributed by atoms with E-state index in [1.807, 2.05) is 37.3 Å². The number of hydrazine groups is 1. The van der Waals surface area contributed by atoms with Crippen molar-refractivity contribution in [1.29, 1.82) is 0 Å². The van der Waals surface area contributed by atoms with Crippen LogP contribution in [0.3, 0.4) is 0 Å². The summed E-state index contributed by atoms with van der Waals surface area (Å²) in [5.74, 6) is -0.306. The number of nitrogens with zero attached hydrogens (tertiary/aromatic N) is 1. The zero-order valence-electron chi connectivity index (χ0n) is 13.6. The number of hydrogen-bond donors (Lipinski definition) is 2. The standard InChI is InChI=1S/C17H23N3O3/c1-13-4-6-14(7-5-13)15-8-9-17(22)20(19-15)12-16(21)18-10-3-11-23-2/h4-8,19H,3,9-12H2,1-2H3,(H,18,21). The van der Waals surface area contributed by atoms with E-state index in [0.29, 0.717) is 13.2 Å². The molecule has 1 aromatic carbocycles. The zero-order chi connectivity index (χ0) is 16.7. The second kappa shape index (κ2) is 8.33. The number of carbonyl (C=O) groups is 2. The lowest BCUT2D eigenvalue weighted by Crippen LogP contribution is -2.49. The highest BCUT2D eigenvalue weighted by molar-refractivity contribution is 5.88. The van der Waals surface area contributed by atoms with E-state index in [1.54, 1.807) is 7.11 Å². The number of carbonyl (C=O) groups excluding carboxylic acids is 2. The van der Waals surface area contributed by atoms with Crippen LogP contribution >= 0.6 is 0 Å². The van der Waals surface area contributed by atoms with Crippen LogP contribution in [0.25, 0.3) is 5.70 Å². The van der Waals surface area contributed by atoms with Crippen LogP contribution in [0.15, 0.2) is 30.3 Å². The van der Waals surface area contributed by atoms with E-state index in [-0.39, 0.29) is 24.8 Å². The van der Waals surface area contributed by atoms with Gasteiger partial charge in [0.15, 0.2) is 0 Å². The van der Waals surface area contributed by atoms with Gasteiger partial charge in [0.1, 0.15) is 6.54 Å². The highest BCUT2D eigenvalue weighted by Gasteiger charge is 2.21. The number of ether oxygens (including phenoxy) is 1. The van der Waals surface area contributed by atoms with Crippen LogP contribution < -0.4 is 10.7 Å². The maximum absolute atomic E-state index is 12.0. The molecule has 1 aliphatic heterocycles. The molecule has 23 heavy (non-hydrogen) atoms. The van der Waals surface area contributed by atoms with Gasteiger partial charge in [-0.3, -0.25) is 15.0 Å². The number of rotatable bonds is 7.